The molecule has 0 bridgehead atoms. The lowest BCUT2D eigenvalue weighted by atomic mass is 10.0. The van der Waals surface area contributed by atoms with Crippen LogP contribution in [-0.4, -0.2) is 19.8 Å². The Hall–Kier alpha value is -0.0800. The van der Waals surface area contributed by atoms with E-state index in [0.29, 0.717) is 0 Å². The number of hydrogen-bond donors (Lipinski definition) is 1. The quantitative estimate of drug-likeness (QED) is 0.551. The molecule has 0 aromatic carbocycles. The summed E-state index contributed by atoms with van der Waals surface area (Å²) in [7, 11) is 0. The third-order valence-corrected chi connectivity index (χ3v) is 2.44. The molecule has 2 heteroatoms. The molecule has 0 spiro atoms. The Balaban J connectivity index is 3.25. The zero-order chi connectivity index (χ0) is 9.94. The van der Waals surface area contributed by atoms with E-state index >= 15 is 0 Å². The Morgan fingerprint density at radius 2 is 2.00 bits per heavy atom. The largest absolute Gasteiger partial charge is 0.381 e. The van der Waals surface area contributed by atoms with Crippen molar-refractivity contribution >= 4 is 0 Å². The minimum Gasteiger partial charge on any atom is -0.381 e. The van der Waals surface area contributed by atoms with Crippen molar-refractivity contribution < 1.29 is 10.5 Å². The standard InChI is InChI=1S/C11H25NO/c1-3-5-7-11(4-2)10-13-9-6-8-12/h11H,3-10,12H2,1-2H3/p+1/t11-/m0/s1. The van der Waals surface area contributed by atoms with Crippen molar-refractivity contribution in [1.29, 1.82) is 0 Å². The fourth-order valence-corrected chi connectivity index (χ4v) is 1.35. The second-order valence-electron chi connectivity index (χ2n) is 3.70. The maximum absolute atomic E-state index is 5.58. The van der Waals surface area contributed by atoms with Crippen molar-refractivity contribution in [2.75, 3.05) is 19.8 Å². The molecule has 0 aliphatic heterocycles. The highest BCUT2D eigenvalue weighted by Gasteiger charge is 2.05. The first kappa shape index (κ1) is 12.9. The van der Waals surface area contributed by atoms with Gasteiger partial charge in [0.15, 0.2) is 0 Å². The molecule has 0 radical (unpaired) electrons. The summed E-state index contributed by atoms with van der Waals surface area (Å²) in [5, 5.41) is 0. The lowest BCUT2D eigenvalue weighted by molar-refractivity contribution is -0.369. The van der Waals surface area contributed by atoms with Crippen molar-refractivity contribution in [2.45, 2.75) is 46.0 Å². The lowest BCUT2D eigenvalue weighted by Gasteiger charge is -2.13. The van der Waals surface area contributed by atoms with E-state index in [1.165, 1.54) is 25.7 Å². The number of rotatable bonds is 9. The Morgan fingerprint density at radius 1 is 1.23 bits per heavy atom. The van der Waals surface area contributed by atoms with Crippen LogP contribution in [0, 0.1) is 5.92 Å². The summed E-state index contributed by atoms with van der Waals surface area (Å²) in [5.41, 5.74) is 3.79. The molecular weight excluding hydrogens is 162 g/mol. The second-order valence-corrected chi connectivity index (χ2v) is 3.70. The first-order valence-electron chi connectivity index (χ1n) is 5.72. The smallest absolute Gasteiger partial charge is 0.0762 e. The third kappa shape index (κ3) is 8.26. The molecule has 0 amide bonds. The first-order valence-corrected chi connectivity index (χ1v) is 5.72. The van der Waals surface area contributed by atoms with E-state index in [1.807, 2.05) is 0 Å². The zero-order valence-electron chi connectivity index (χ0n) is 9.35. The number of hydrogen-bond acceptors (Lipinski definition) is 1. The van der Waals surface area contributed by atoms with E-state index < -0.39 is 0 Å². The minimum atomic E-state index is 0.782. The van der Waals surface area contributed by atoms with Crippen LogP contribution in [0.2, 0.25) is 0 Å². The molecular formula is C11H26NO+. The van der Waals surface area contributed by atoms with Gasteiger partial charge in [-0.15, -0.1) is 0 Å². The van der Waals surface area contributed by atoms with Gasteiger partial charge in [0.25, 0.3) is 0 Å². The minimum absolute atomic E-state index is 0.782. The van der Waals surface area contributed by atoms with Crippen LogP contribution in [0.4, 0.5) is 0 Å². The van der Waals surface area contributed by atoms with Crippen molar-refractivity contribution in [3.05, 3.63) is 0 Å². The van der Waals surface area contributed by atoms with Crippen LogP contribution in [0.25, 0.3) is 0 Å². The molecule has 0 aromatic rings. The Bertz CT molecular complexity index is 96.1. The van der Waals surface area contributed by atoms with E-state index in [2.05, 4.69) is 19.6 Å². The molecule has 0 aliphatic carbocycles. The van der Waals surface area contributed by atoms with Gasteiger partial charge in [0.2, 0.25) is 0 Å². The average Bonchev–Trinajstić information content (AvgIpc) is 2.17. The molecule has 2 nitrogen and oxygen atoms in total. The summed E-state index contributed by atoms with van der Waals surface area (Å²) in [5.74, 6) is 0.782. The number of quaternary nitrogens is 1. The highest BCUT2D eigenvalue weighted by atomic mass is 16.5. The van der Waals surface area contributed by atoms with Gasteiger partial charge in [0, 0.05) is 13.0 Å². The first-order chi connectivity index (χ1) is 6.35. The fourth-order valence-electron chi connectivity index (χ4n) is 1.35. The molecule has 1 atom stereocenters. The van der Waals surface area contributed by atoms with Gasteiger partial charge in [-0.1, -0.05) is 33.1 Å². The van der Waals surface area contributed by atoms with Gasteiger partial charge in [-0.3, -0.25) is 0 Å². The Labute approximate surface area is 82.8 Å². The Morgan fingerprint density at radius 3 is 2.54 bits per heavy atom. The molecule has 3 N–H and O–H groups in total. The molecule has 0 fully saturated rings. The third-order valence-electron chi connectivity index (χ3n) is 2.44. The molecule has 80 valence electrons. The van der Waals surface area contributed by atoms with Crippen molar-refractivity contribution in [3.8, 4) is 0 Å². The molecule has 0 unspecified atom stereocenters. The van der Waals surface area contributed by atoms with Gasteiger partial charge in [-0.05, 0) is 12.3 Å². The maximum Gasteiger partial charge on any atom is 0.0762 e. The molecule has 0 saturated carbocycles. The molecule has 0 aromatic heterocycles. The molecule has 0 heterocycles. The highest BCUT2D eigenvalue weighted by molar-refractivity contribution is 4.55. The summed E-state index contributed by atoms with van der Waals surface area (Å²) in [6, 6.07) is 0. The molecule has 13 heavy (non-hydrogen) atoms. The topological polar surface area (TPSA) is 36.9 Å². The van der Waals surface area contributed by atoms with Gasteiger partial charge < -0.3 is 10.5 Å². The molecule has 0 aliphatic rings. The summed E-state index contributed by atoms with van der Waals surface area (Å²) >= 11 is 0. The molecule has 0 saturated heterocycles. The lowest BCUT2D eigenvalue weighted by Crippen LogP contribution is -2.50. The predicted molar refractivity (Wildman–Crippen MR) is 56.5 cm³/mol. The van der Waals surface area contributed by atoms with E-state index in [4.69, 9.17) is 4.74 Å². The van der Waals surface area contributed by atoms with Crippen LogP contribution in [0.15, 0.2) is 0 Å². The van der Waals surface area contributed by atoms with Crippen LogP contribution in [0.3, 0.4) is 0 Å². The number of unbranched alkanes of at least 4 members (excludes halogenated alkanes) is 1. The van der Waals surface area contributed by atoms with Crippen LogP contribution in [0.1, 0.15) is 46.0 Å². The fraction of sp³-hybridized carbons (Fsp3) is 1.00. The monoisotopic (exact) mass is 188 g/mol. The number of ether oxygens (including phenoxy) is 1. The van der Waals surface area contributed by atoms with Crippen molar-refractivity contribution in [3.63, 3.8) is 0 Å². The summed E-state index contributed by atoms with van der Waals surface area (Å²) in [6.45, 7) is 7.34. The normalized spacial score (nSPS) is 13.2. The van der Waals surface area contributed by atoms with E-state index in [-0.39, 0.29) is 0 Å². The van der Waals surface area contributed by atoms with Crippen LogP contribution in [0.5, 0.6) is 0 Å². The summed E-state index contributed by atoms with van der Waals surface area (Å²) in [4.78, 5) is 0. The predicted octanol–water partition coefficient (Wildman–Crippen LogP) is 1.85. The van der Waals surface area contributed by atoms with Crippen molar-refractivity contribution in [1.82, 2.24) is 0 Å². The second kappa shape index (κ2) is 10.0. The molecule has 0 rings (SSSR count). The van der Waals surface area contributed by atoms with E-state index in [9.17, 15) is 0 Å². The van der Waals surface area contributed by atoms with Gasteiger partial charge >= 0.3 is 0 Å². The summed E-state index contributed by atoms with van der Waals surface area (Å²) in [6.07, 6.45) is 6.33. The van der Waals surface area contributed by atoms with Gasteiger partial charge in [0.05, 0.1) is 13.2 Å². The van der Waals surface area contributed by atoms with Gasteiger partial charge in [0.1, 0.15) is 0 Å². The van der Waals surface area contributed by atoms with Gasteiger partial charge in [-0.2, -0.15) is 0 Å². The SMILES string of the molecule is CCCC[C@H](CC)COCCC[NH3+]. The van der Waals surface area contributed by atoms with Crippen molar-refractivity contribution in [2.24, 2.45) is 5.92 Å². The Kier molecular flexibility index (Phi) is 9.94. The van der Waals surface area contributed by atoms with Crippen LogP contribution < -0.4 is 5.73 Å². The maximum atomic E-state index is 5.58. The van der Waals surface area contributed by atoms with E-state index in [1.54, 1.807) is 0 Å². The van der Waals surface area contributed by atoms with E-state index in [0.717, 1.165) is 32.1 Å². The van der Waals surface area contributed by atoms with Gasteiger partial charge in [-0.25, -0.2) is 0 Å². The zero-order valence-corrected chi connectivity index (χ0v) is 9.35. The average molecular weight is 188 g/mol. The van der Waals surface area contributed by atoms with Crippen LogP contribution >= 0.6 is 0 Å². The summed E-state index contributed by atoms with van der Waals surface area (Å²) < 4.78 is 5.58. The van der Waals surface area contributed by atoms with Crippen LogP contribution in [-0.2, 0) is 4.74 Å². The highest BCUT2D eigenvalue weighted by Crippen LogP contribution is 2.12.